The molecule has 186 valence electrons. The van der Waals surface area contributed by atoms with Crippen LogP contribution in [0.3, 0.4) is 0 Å². The maximum atomic E-state index is 14.5. The first-order chi connectivity index (χ1) is 17.8. The predicted octanol–water partition coefficient (Wildman–Crippen LogP) is 5.34. The summed E-state index contributed by atoms with van der Waals surface area (Å²) in [5.41, 5.74) is 4.67. The molecule has 8 heteroatoms. The Labute approximate surface area is 214 Å². The normalized spacial score (nSPS) is 11.0. The molecule has 1 amide bonds. The Balaban J connectivity index is 1.60. The van der Waals surface area contributed by atoms with Gasteiger partial charge in [0.25, 0.3) is 0 Å². The van der Waals surface area contributed by atoms with E-state index in [9.17, 15) is 13.6 Å². The van der Waals surface area contributed by atoms with E-state index >= 15 is 0 Å². The van der Waals surface area contributed by atoms with Crippen molar-refractivity contribution in [3.05, 3.63) is 124 Å². The first-order valence-electron chi connectivity index (χ1n) is 11.7. The lowest BCUT2D eigenvalue weighted by molar-refractivity contribution is -0.127. The highest BCUT2D eigenvalue weighted by molar-refractivity contribution is 5.92. The van der Waals surface area contributed by atoms with Crippen LogP contribution in [-0.4, -0.2) is 25.6 Å². The zero-order valence-electron chi connectivity index (χ0n) is 20.5. The molecule has 0 N–H and O–H groups in total. The van der Waals surface area contributed by atoms with Crippen LogP contribution in [0.5, 0.6) is 0 Å². The summed E-state index contributed by atoms with van der Waals surface area (Å²) >= 11 is 0. The minimum Gasteiger partial charge on any atom is -0.327 e. The molecule has 0 radical (unpaired) electrons. The standard InChI is InChI=1S/C29H25F2N5O/c1-20-3-4-21(2)24(13-20)10-12-29(37)35(17-25-9-11-26(30)14-27(25)31)18-28-34-33-19-36(28)16-23-7-5-22(15-32)6-8-23/h3-14,19H,16-18H2,1-2H3/b12-10+. The summed E-state index contributed by atoms with van der Waals surface area (Å²) in [5.74, 6) is -1.26. The van der Waals surface area contributed by atoms with Crippen LogP contribution in [0.1, 0.15) is 39.2 Å². The second-order valence-electron chi connectivity index (χ2n) is 8.81. The summed E-state index contributed by atoms with van der Waals surface area (Å²) in [6, 6.07) is 18.5. The topological polar surface area (TPSA) is 74.8 Å². The fraction of sp³-hybridized carbons (Fsp3) is 0.172. The van der Waals surface area contributed by atoms with Gasteiger partial charge in [-0.05, 0) is 54.8 Å². The third-order valence-electron chi connectivity index (χ3n) is 5.99. The molecule has 0 fully saturated rings. The second kappa shape index (κ2) is 11.4. The number of hydrogen-bond acceptors (Lipinski definition) is 4. The number of halogens is 2. The fourth-order valence-electron chi connectivity index (χ4n) is 3.86. The number of nitrogens with zero attached hydrogens (tertiary/aromatic N) is 5. The smallest absolute Gasteiger partial charge is 0.247 e. The zero-order valence-corrected chi connectivity index (χ0v) is 20.5. The van der Waals surface area contributed by atoms with Crippen molar-refractivity contribution in [1.82, 2.24) is 19.7 Å². The summed E-state index contributed by atoms with van der Waals surface area (Å²) < 4.78 is 29.7. The van der Waals surface area contributed by atoms with Crippen LogP contribution in [-0.2, 0) is 24.4 Å². The fourth-order valence-corrected chi connectivity index (χ4v) is 3.86. The summed E-state index contributed by atoms with van der Waals surface area (Å²) in [4.78, 5) is 14.8. The molecule has 0 atom stereocenters. The first kappa shape index (κ1) is 25.5. The van der Waals surface area contributed by atoms with E-state index in [1.54, 1.807) is 29.1 Å². The monoisotopic (exact) mass is 497 g/mol. The Bertz CT molecular complexity index is 1490. The molecule has 0 spiro atoms. The lowest BCUT2D eigenvalue weighted by Gasteiger charge is -2.22. The maximum absolute atomic E-state index is 14.5. The van der Waals surface area contributed by atoms with Crippen molar-refractivity contribution in [1.29, 1.82) is 5.26 Å². The van der Waals surface area contributed by atoms with E-state index in [2.05, 4.69) is 16.3 Å². The quantitative estimate of drug-likeness (QED) is 0.308. The largest absolute Gasteiger partial charge is 0.327 e. The molecule has 1 heterocycles. The van der Waals surface area contributed by atoms with Crippen molar-refractivity contribution in [2.24, 2.45) is 0 Å². The van der Waals surface area contributed by atoms with Crippen molar-refractivity contribution in [2.45, 2.75) is 33.5 Å². The lowest BCUT2D eigenvalue weighted by atomic mass is 10.1. The van der Waals surface area contributed by atoms with Gasteiger partial charge in [-0.1, -0.05) is 42.0 Å². The predicted molar refractivity (Wildman–Crippen MR) is 136 cm³/mol. The molecule has 0 saturated carbocycles. The number of benzene rings is 3. The Morgan fingerprint density at radius 2 is 1.84 bits per heavy atom. The molecular weight excluding hydrogens is 472 g/mol. The van der Waals surface area contributed by atoms with E-state index < -0.39 is 11.6 Å². The Hall–Kier alpha value is -4.64. The molecule has 1 aromatic heterocycles. The number of hydrogen-bond donors (Lipinski definition) is 0. The van der Waals surface area contributed by atoms with Crippen LogP contribution < -0.4 is 0 Å². The zero-order chi connectivity index (χ0) is 26.4. The molecule has 0 saturated heterocycles. The third kappa shape index (κ3) is 6.53. The molecule has 3 aromatic carbocycles. The van der Waals surface area contributed by atoms with Gasteiger partial charge in [0.2, 0.25) is 5.91 Å². The maximum Gasteiger partial charge on any atom is 0.247 e. The number of nitriles is 1. The van der Waals surface area contributed by atoms with Gasteiger partial charge < -0.3 is 9.47 Å². The molecular formula is C29H25F2N5O. The van der Waals surface area contributed by atoms with Gasteiger partial charge in [0.1, 0.15) is 18.0 Å². The van der Waals surface area contributed by atoms with Crippen LogP contribution in [0.15, 0.2) is 73.1 Å². The van der Waals surface area contributed by atoms with Crippen LogP contribution in [0.4, 0.5) is 8.78 Å². The van der Waals surface area contributed by atoms with E-state index in [0.29, 0.717) is 17.9 Å². The molecule has 0 unspecified atom stereocenters. The van der Waals surface area contributed by atoms with Crippen LogP contribution in [0.25, 0.3) is 6.08 Å². The van der Waals surface area contributed by atoms with Crippen LogP contribution in [0, 0.1) is 36.8 Å². The van der Waals surface area contributed by atoms with E-state index in [1.165, 1.54) is 23.1 Å². The highest BCUT2D eigenvalue weighted by Crippen LogP contribution is 2.17. The van der Waals surface area contributed by atoms with Gasteiger partial charge in [0.05, 0.1) is 24.7 Å². The first-order valence-corrected chi connectivity index (χ1v) is 11.7. The Morgan fingerprint density at radius 1 is 1.05 bits per heavy atom. The molecule has 0 bridgehead atoms. The van der Waals surface area contributed by atoms with Crippen molar-refractivity contribution >= 4 is 12.0 Å². The highest BCUT2D eigenvalue weighted by atomic mass is 19.1. The van der Waals surface area contributed by atoms with Crippen LogP contribution >= 0.6 is 0 Å². The number of aromatic nitrogens is 3. The van der Waals surface area contributed by atoms with E-state index in [-0.39, 0.29) is 24.6 Å². The third-order valence-corrected chi connectivity index (χ3v) is 5.99. The SMILES string of the molecule is Cc1ccc(C)c(/C=C/C(=O)N(Cc2ccc(F)cc2F)Cc2nncn2Cc2ccc(C#N)cc2)c1. The van der Waals surface area contributed by atoms with Gasteiger partial charge >= 0.3 is 0 Å². The lowest BCUT2D eigenvalue weighted by Crippen LogP contribution is -2.30. The summed E-state index contributed by atoms with van der Waals surface area (Å²) in [7, 11) is 0. The molecule has 6 nitrogen and oxygen atoms in total. The van der Waals surface area contributed by atoms with Crippen molar-refractivity contribution in [3.8, 4) is 6.07 Å². The molecule has 0 aliphatic heterocycles. The van der Waals surface area contributed by atoms with Gasteiger partial charge in [-0.15, -0.1) is 10.2 Å². The molecule has 4 aromatic rings. The summed E-state index contributed by atoms with van der Waals surface area (Å²) in [6.45, 7) is 4.35. The number of carbonyl (C=O) groups excluding carboxylic acids is 1. The minimum atomic E-state index is -0.727. The van der Waals surface area contributed by atoms with Crippen molar-refractivity contribution in [2.75, 3.05) is 0 Å². The van der Waals surface area contributed by atoms with Gasteiger partial charge in [0, 0.05) is 24.3 Å². The Morgan fingerprint density at radius 3 is 2.57 bits per heavy atom. The average Bonchev–Trinajstić information content (AvgIpc) is 3.32. The minimum absolute atomic E-state index is 0.0586. The van der Waals surface area contributed by atoms with Crippen LogP contribution in [0.2, 0.25) is 0 Å². The van der Waals surface area contributed by atoms with Gasteiger partial charge in [-0.2, -0.15) is 5.26 Å². The van der Waals surface area contributed by atoms with Gasteiger partial charge in [-0.3, -0.25) is 4.79 Å². The van der Waals surface area contributed by atoms with Crippen molar-refractivity contribution in [3.63, 3.8) is 0 Å². The van der Waals surface area contributed by atoms with E-state index in [4.69, 9.17) is 5.26 Å². The number of rotatable bonds is 8. The average molecular weight is 498 g/mol. The van der Waals surface area contributed by atoms with E-state index in [1.807, 2.05) is 44.2 Å². The van der Waals surface area contributed by atoms with Gasteiger partial charge in [0.15, 0.2) is 5.82 Å². The highest BCUT2D eigenvalue weighted by Gasteiger charge is 2.18. The van der Waals surface area contributed by atoms with E-state index in [0.717, 1.165) is 28.3 Å². The van der Waals surface area contributed by atoms with Gasteiger partial charge in [-0.25, -0.2) is 8.78 Å². The molecule has 4 rings (SSSR count). The molecule has 37 heavy (non-hydrogen) atoms. The van der Waals surface area contributed by atoms with Crippen molar-refractivity contribution < 1.29 is 13.6 Å². The number of aryl methyl sites for hydroxylation is 2. The summed E-state index contributed by atoms with van der Waals surface area (Å²) in [6.07, 6.45) is 4.74. The number of carbonyl (C=O) groups is 1. The number of amides is 1. The summed E-state index contributed by atoms with van der Waals surface area (Å²) in [5, 5.41) is 17.2. The molecule has 0 aliphatic rings. The Kier molecular flexibility index (Phi) is 7.84. The molecule has 0 aliphatic carbocycles. The second-order valence-corrected chi connectivity index (χ2v) is 8.81.